The lowest BCUT2D eigenvalue weighted by molar-refractivity contribution is -0.220. The monoisotopic (exact) mass is 338 g/mol. The van der Waals surface area contributed by atoms with Gasteiger partial charge >= 0.3 is 0 Å². The molecule has 0 saturated heterocycles. The smallest absolute Gasteiger partial charge is 0.281 e. The maximum Gasteiger partial charge on any atom is 0.281 e. The van der Waals surface area contributed by atoms with Gasteiger partial charge in [0, 0.05) is 10.9 Å². The number of hydrogen-bond acceptors (Lipinski definition) is 4. The van der Waals surface area contributed by atoms with Crippen LogP contribution in [0.1, 0.15) is 5.56 Å². The number of para-hydroxylation sites is 1. The van der Waals surface area contributed by atoms with Crippen molar-refractivity contribution in [2.75, 3.05) is 6.61 Å². The highest BCUT2D eigenvalue weighted by atomic mass is 35.5. The number of sulfonamides is 1. The zero-order valence-corrected chi connectivity index (χ0v) is 13.3. The summed E-state index contributed by atoms with van der Waals surface area (Å²) in [7, 11) is -4.05. The summed E-state index contributed by atoms with van der Waals surface area (Å²) < 4.78 is 32.4. The Morgan fingerprint density at radius 3 is 2.45 bits per heavy atom. The fourth-order valence-corrected chi connectivity index (χ4v) is 2.71. The van der Waals surface area contributed by atoms with Gasteiger partial charge in [0.25, 0.3) is 10.0 Å². The third kappa shape index (κ3) is 4.22. The fraction of sp³-hybridized carbons (Fsp3) is 0.133. The Hall–Kier alpha value is -2.05. The van der Waals surface area contributed by atoms with E-state index in [9.17, 15) is 13.5 Å². The molecule has 0 unspecified atom stereocenters. The molecule has 0 radical (unpaired) electrons. The summed E-state index contributed by atoms with van der Waals surface area (Å²) in [6.07, 6.45) is 0. The van der Waals surface area contributed by atoms with Crippen LogP contribution in [-0.4, -0.2) is 20.9 Å². The zero-order valence-electron chi connectivity index (χ0n) is 11.7. The van der Waals surface area contributed by atoms with Crippen molar-refractivity contribution in [3.63, 3.8) is 0 Å². The van der Waals surface area contributed by atoms with Gasteiger partial charge in [-0.2, -0.15) is 12.8 Å². The van der Waals surface area contributed by atoms with Gasteiger partial charge in [0.1, 0.15) is 12.4 Å². The van der Waals surface area contributed by atoms with E-state index >= 15 is 0 Å². The molecule has 22 heavy (non-hydrogen) atoms. The fourth-order valence-electron chi connectivity index (χ4n) is 1.68. The second kappa shape index (κ2) is 6.81. The van der Waals surface area contributed by atoms with Gasteiger partial charge in [0.05, 0.1) is 4.90 Å². The molecule has 0 N–H and O–H groups in total. The average Bonchev–Trinajstić information content (AvgIpc) is 2.46. The van der Waals surface area contributed by atoms with Crippen molar-refractivity contribution in [2.24, 2.45) is 4.40 Å². The number of benzene rings is 2. The van der Waals surface area contributed by atoms with Crippen molar-refractivity contribution in [3.05, 3.63) is 59.1 Å². The van der Waals surface area contributed by atoms with Crippen LogP contribution in [0.2, 0.25) is 5.02 Å². The third-order valence-corrected chi connectivity index (χ3v) is 4.34. The summed E-state index contributed by atoms with van der Waals surface area (Å²) in [4.78, 5) is -0.0962. The number of hydrogen-bond donors (Lipinski definition) is 0. The lowest BCUT2D eigenvalue weighted by Crippen LogP contribution is -2.27. The molecule has 0 fully saturated rings. The lowest BCUT2D eigenvalue weighted by atomic mass is 10.2. The van der Waals surface area contributed by atoms with Gasteiger partial charge in [-0.25, -0.2) is 0 Å². The predicted octanol–water partition coefficient (Wildman–Crippen LogP) is 2.17. The second-order valence-electron chi connectivity index (χ2n) is 4.47. The topological polar surface area (TPSA) is 78.8 Å². The van der Waals surface area contributed by atoms with E-state index in [-0.39, 0.29) is 4.90 Å². The molecule has 0 heterocycles. The first-order valence-electron chi connectivity index (χ1n) is 6.33. The van der Waals surface area contributed by atoms with E-state index in [0.29, 0.717) is 10.8 Å². The van der Waals surface area contributed by atoms with Crippen LogP contribution in [0.3, 0.4) is 0 Å². The Balaban J connectivity index is 2.11. The Labute approximate surface area is 133 Å². The van der Waals surface area contributed by atoms with E-state index in [1.165, 1.54) is 24.3 Å². The zero-order chi connectivity index (χ0) is 16.2. The quantitative estimate of drug-likeness (QED) is 0.618. The summed E-state index contributed by atoms with van der Waals surface area (Å²) in [5, 5.41) is 12.1. The van der Waals surface area contributed by atoms with Gasteiger partial charge in [-0.3, -0.25) is 0 Å². The second-order valence-corrected chi connectivity index (χ2v) is 6.51. The molecule has 116 valence electrons. The van der Waals surface area contributed by atoms with Crippen LogP contribution in [0, 0.1) is 6.92 Å². The van der Waals surface area contributed by atoms with E-state index in [1.807, 2.05) is 19.1 Å². The Morgan fingerprint density at radius 1 is 1.18 bits per heavy atom. The largest absolute Gasteiger partial charge is 0.859 e. The highest BCUT2D eigenvalue weighted by molar-refractivity contribution is 7.90. The highest BCUT2D eigenvalue weighted by Gasteiger charge is 2.11. The minimum Gasteiger partial charge on any atom is -0.859 e. The highest BCUT2D eigenvalue weighted by Crippen LogP contribution is 2.17. The molecule has 0 aliphatic rings. The Bertz CT molecular complexity index is 785. The molecule has 2 rings (SSSR count). The first-order chi connectivity index (χ1) is 10.4. The molecule has 0 aliphatic carbocycles. The number of ether oxygens (including phenoxy) is 1. The third-order valence-electron chi connectivity index (χ3n) is 2.78. The van der Waals surface area contributed by atoms with Crippen LogP contribution in [0.15, 0.2) is 57.8 Å². The van der Waals surface area contributed by atoms with Crippen molar-refractivity contribution in [3.8, 4) is 5.75 Å². The molecule has 0 atom stereocenters. The van der Waals surface area contributed by atoms with Crippen LogP contribution in [0.25, 0.3) is 0 Å². The molecule has 0 aliphatic heterocycles. The van der Waals surface area contributed by atoms with Crippen molar-refractivity contribution in [2.45, 2.75) is 11.8 Å². The normalized spacial score (nSPS) is 12.2. The summed E-state index contributed by atoms with van der Waals surface area (Å²) in [6.45, 7) is 1.37. The number of aryl methyl sites for hydroxylation is 1. The standard InChI is InChI=1S/C15H14ClNO4S/c1-11-4-2-3-5-14(11)21-10-15(18)17-22(19,20)13-8-6-12(16)7-9-13/h2-9H,10H2,1H3,(H,17,18)/p-1. The minimum atomic E-state index is -4.05. The number of rotatable bonds is 5. The van der Waals surface area contributed by atoms with Gasteiger partial charge in [-0.15, -0.1) is 0 Å². The number of halogens is 1. The summed E-state index contributed by atoms with van der Waals surface area (Å²) in [5.41, 5.74) is 0.843. The van der Waals surface area contributed by atoms with Crippen molar-refractivity contribution in [1.82, 2.24) is 0 Å². The molecule has 5 nitrogen and oxygen atoms in total. The molecule has 0 saturated carbocycles. The van der Waals surface area contributed by atoms with Gasteiger partial charge in [0.15, 0.2) is 0 Å². The maximum atomic E-state index is 11.9. The molecule has 0 amide bonds. The van der Waals surface area contributed by atoms with Crippen LogP contribution in [0.5, 0.6) is 5.75 Å². The molecule has 2 aromatic carbocycles. The summed E-state index contributed by atoms with van der Waals surface area (Å²) >= 11 is 5.69. The van der Waals surface area contributed by atoms with E-state index in [4.69, 9.17) is 16.3 Å². The predicted molar refractivity (Wildman–Crippen MR) is 82.7 cm³/mol. The van der Waals surface area contributed by atoms with Crippen molar-refractivity contribution < 1.29 is 18.3 Å². The Morgan fingerprint density at radius 2 is 1.82 bits per heavy atom. The SMILES string of the molecule is Cc1ccccc1OCC([O-])=NS(=O)(=O)c1ccc(Cl)cc1. The Kier molecular flexibility index (Phi) is 5.05. The van der Waals surface area contributed by atoms with E-state index < -0.39 is 22.5 Å². The molecular weight excluding hydrogens is 326 g/mol. The molecular formula is C15H13ClNO4S-. The minimum absolute atomic E-state index is 0.0962. The van der Waals surface area contributed by atoms with Gasteiger partial charge < -0.3 is 9.84 Å². The molecule has 0 spiro atoms. The first-order valence-corrected chi connectivity index (χ1v) is 8.15. The van der Waals surface area contributed by atoms with Crippen LogP contribution in [0.4, 0.5) is 0 Å². The average molecular weight is 339 g/mol. The summed E-state index contributed by atoms with van der Waals surface area (Å²) in [6, 6.07) is 12.5. The molecule has 7 heteroatoms. The van der Waals surface area contributed by atoms with Crippen molar-refractivity contribution >= 4 is 27.5 Å². The molecule has 0 aromatic heterocycles. The first kappa shape index (κ1) is 16.3. The van der Waals surface area contributed by atoms with E-state index in [1.54, 1.807) is 12.1 Å². The van der Waals surface area contributed by atoms with Gasteiger partial charge in [0.2, 0.25) is 0 Å². The maximum absolute atomic E-state index is 11.9. The van der Waals surface area contributed by atoms with Crippen molar-refractivity contribution in [1.29, 1.82) is 0 Å². The van der Waals surface area contributed by atoms with Crippen LogP contribution >= 0.6 is 11.6 Å². The van der Waals surface area contributed by atoms with Crippen LogP contribution in [-0.2, 0) is 10.0 Å². The number of nitrogens with zero attached hydrogens (tertiary/aromatic N) is 1. The molecule has 0 bridgehead atoms. The summed E-state index contributed by atoms with van der Waals surface area (Å²) in [5.74, 6) is -0.367. The molecule has 2 aromatic rings. The lowest BCUT2D eigenvalue weighted by Gasteiger charge is -2.13. The van der Waals surface area contributed by atoms with Gasteiger partial charge in [-0.1, -0.05) is 29.8 Å². The van der Waals surface area contributed by atoms with Crippen LogP contribution < -0.4 is 9.84 Å². The van der Waals surface area contributed by atoms with Gasteiger partial charge in [-0.05, 0) is 42.8 Å². The van der Waals surface area contributed by atoms with E-state index in [0.717, 1.165) is 5.56 Å². The van der Waals surface area contributed by atoms with E-state index in [2.05, 4.69) is 4.40 Å².